The normalized spacial score (nSPS) is 14.6. The Hall–Kier alpha value is -2.89. The van der Waals surface area contributed by atoms with Crippen LogP contribution in [-0.2, 0) is 5.41 Å². The van der Waals surface area contributed by atoms with E-state index in [2.05, 4.69) is 56.5 Å². The summed E-state index contributed by atoms with van der Waals surface area (Å²) in [5.41, 5.74) is 4.17. The van der Waals surface area contributed by atoms with E-state index in [9.17, 15) is 4.79 Å². The molecule has 1 aliphatic carbocycles. The van der Waals surface area contributed by atoms with Crippen molar-refractivity contribution in [1.29, 1.82) is 0 Å². The summed E-state index contributed by atoms with van der Waals surface area (Å²) >= 11 is 0. The third-order valence-electron chi connectivity index (χ3n) is 6.79. The van der Waals surface area contributed by atoms with Gasteiger partial charge in [0.1, 0.15) is 0 Å². The molecular formula is C27H38N2O4. The number of anilines is 1. The molecule has 180 valence electrons. The van der Waals surface area contributed by atoms with Crippen molar-refractivity contribution in [3.63, 3.8) is 0 Å². The molecule has 0 spiro atoms. The third-order valence-corrected chi connectivity index (χ3v) is 6.79. The molecule has 1 saturated carbocycles. The summed E-state index contributed by atoms with van der Waals surface area (Å²) in [4.78, 5) is 13.0. The van der Waals surface area contributed by atoms with Crippen LogP contribution in [0.2, 0.25) is 0 Å². The molecule has 0 atom stereocenters. The van der Waals surface area contributed by atoms with Crippen LogP contribution in [0.25, 0.3) is 0 Å². The molecule has 6 heteroatoms. The Labute approximate surface area is 198 Å². The second-order valence-corrected chi connectivity index (χ2v) is 9.48. The van der Waals surface area contributed by atoms with E-state index in [0.717, 1.165) is 41.6 Å². The molecular weight excluding hydrogens is 416 g/mol. The van der Waals surface area contributed by atoms with Crippen LogP contribution < -0.4 is 24.8 Å². The van der Waals surface area contributed by atoms with Gasteiger partial charge in [0.2, 0.25) is 5.75 Å². The van der Waals surface area contributed by atoms with Crippen molar-refractivity contribution < 1.29 is 19.0 Å². The van der Waals surface area contributed by atoms with Crippen LogP contribution in [0.4, 0.5) is 10.5 Å². The van der Waals surface area contributed by atoms with E-state index in [4.69, 9.17) is 14.2 Å². The fraction of sp³-hybridized carbons (Fsp3) is 0.519. The van der Waals surface area contributed by atoms with Gasteiger partial charge in [-0.1, -0.05) is 52.3 Å². The van der Waals surface area contributed by atoms with Gasteiger partial charge in [-0.15, -0.1) is 0 Å². The molecule has 33 heavy (non-hydrogen) atoms. The second kappa shape index (κ2) is 10.4. The lowest BCUT2D eigenvalue weighted by Gasteiger charge is -2.43. The van der Waals surface area contributed by atoms with Gasteiger partial charge in [0, 0.05) is 17.6 Å². The molecule has 0 radical (unpaired) electrons. The third kappa shape index (κ3) is 5.05. The minimum Gasteiger partial charge on any atom is -0.493 e. The molecule has 2 aromatic rings. The SMILES string of the molecule is COc1cc(C2(CNC(=O)Nc3c(C(C)C)cccc3C(C)C)CCC2)cc(OC)c1OC. The predicted molar refractivity (Wildman–Crippen MR) is 133 cm³/mol. The minimum absolute atomic E-state index is 0.150. The van der Waals surface area contributed by atoms with Gasteiger partial charge >= 0.3 is 6.03 Å². The van der Waals surface area contributed by atoms with Crippen LogP contribution in [0.3, 0.4) is 0 Å². The monoisotopic (exact) mass is 454 g/mol. The first kappa shape index (κ1) is 24.7. The summed E-state index contributed by atoms with van der Waals surface area (Å²) in [5.74, 6) is 2.48. The van der Waals surface area contributed by atoms with Gasteiger partial charge in [-0.25, -0.2) is 4.79 Å². The van der Waals surface area contributed by atoms with Gasteiger partial charge in [-0.3, -0.25) is 0 Å². The van der Waals surface area contributed by atoms with E-state index < -0.39 is 0 Å². The van der Waals surface area contributed by atoms with Gasteiger partial charge in [-0.05, 0) is 53.5 Å². The second-order valence-electron chi connectivity index (χ2n) is 9.48. The fourth-order valence-corrected chi connectivity index (χ4v) is 4.66. The van der Waals surface area contributed by atoms with Crippen molar-refractivity contribution in [3.8, 4) is 17.2 Å². The molecule has 0 bridgehead atoms. The van der Waals surface area contributed by atoms with Crippen molar-refractivity contribution >= 4 is 11.7 Å². The summed E-state index contributed by atoms with van der Waals surface area (Å²) in [5, 5.41) is 6.30. The highest BCUT2D eigenvalue weighted by Crippen LogP contribution is 2.48. The highest BCUT2D eigenvalue weighted by Gasteiger charge is 2.40. The standard InChI is InChI=1S/C27H38N2O4/c1-17(2)20-10-8-11-21(18(3)4)24(20)29-26(30)28-16-27(12-9-13-27)19-14-22(31-5)25(33-7)23(15-19)32-6/h8,10-11,14-15,17-18H,9,12-13,16H2,1-7H3,(H2,28,29,30). The number of urea groups is 1. The number of hydrogen-bond donors (Lipinski definition) is 2. The summed E-state index contributed by atoms with van der Waals surface area (Å²) in [6, 6.07) is 10.1. The maximum absolute atomic E-state index is 13.0. The van der Waals surface area contributed by atoms with E-state index in [1.807, 2.05) is 12.1 Å². The minimum atomic E-state index is -0.177. The molecule has 1 aliphatic rings. The lowest BCUT2D eigenvalue weighted by atomic mass is 9.64. The van der Waals surface area contributed by atoms with Gasteiger partial charge < -0.3 is 24.8 Å². The van der Waals surface area contributed by atoms with Crippen molar-refractivity contribution in [2.75, 3.05) is 33.2 Å². The summed E-state index contributed by atoms with van der Waals surface area (Å²) < 4.78 is 16.6. The Morgan fingerprint density at radius 1 is 0.939 bits per heavy atom. The van der Waals surface area contributed by atoms with Crippen molar-refractivity contribution in [2.45, 2.75) is 64.2 Å². The first-order valence-corrected chi connectivity index (χ1v) is 11.7. The van der Waals surface area contributed by atoms with Crippen LogP contribution in [0.1, 0.15) is 75.5 Å². The molecule has 6 nitrogen and oxygen atoms in total. The van der Waals surface area contributed by atoms with Crippen LogP contribution in [0, 0.1) is 0 Å². The van der Waals surface area contributed by atoms with Crippen molar-refractivity contribution in [2.24, 2.45) is 0 Å². The van der Waals surface area contributed by atoms with Crippen LogP contribution in [0.15, 0.2) is 30.3 Å². The van der Waals surface area contributed by atoms with Crippen LogP contribution in [-0.4, -0.2) is 33.9 Å². The van der Waals surface area contributed by atoms with E-state index in [-0.39, 0.29) is 11.4 Å². The van der Waals surface area contributed by atoms with Gasteiger partial charge in [0.15, 0.2) is 11.5 Å². The van der Waals surface area contributed by atoms with Gasteiger partial charge in [-0.2, -0.15) is 0 Å². The number of rotatable bonds is 9. The number of carbonyl (C=O) groups is 1. The average molecular weight is 455 g/mol. The molecule has 0 heterocycles. The molecule has 1 fully saturated rings. The lowest BCUT2D eigenvalue weighted by Crippen LogP contribution is -2.46. The van der Waals surface area contributed by atoms with Crippen LogP contribution in [0.5, 0.6) is 17.2 Å². The number of hydrogen-bond acceptors (Lipinski definition) is 4. The average Bonchev–Trinajstić information content (AvgIpc) is 2.77. The molecule has 3 rings (SSSR count). The number of nitrogens with one attached hydrogen (secondary N) is 2. The topological polar surface area (TPSA) is 68.8 Å². The fourth-order valence-electron chi connectivity index (χ4n) is 4.66. The number of para-hydroxylation sites is 1. The maximum Gasteiger partial charge on any atom is 0.319 e. The molecule has 0 unspecified atom stereocenters. The predicted octanol–water partition coefficient (Wildman–Crippen LogP) is 6.20. The van der Waals surface area contributed by atoms with Crippen molar-refractivity contribution in [1.82, 2.24) is 5.32 Å². The molecule has 0 aliphatic heterocycles. The molecule has 2 N–H and O–H groups in total. The van der Waals surface area contributed by atoms with Gasteiger partial charge in [0.05, 0.1) is 21.3 Å². The highest BCUT2D eigenvalue weighted by atomic mass is 16.5. The largest absolute Gasteiger partial charge is 0.493 e. The summed E-state index contributed by atoms with van der Waals surface area (Å²) in [6.45, 7) is 9.14. The summed E-state index contributed by atoms with van der Waals surface area (Å²) in [7, 11) is 4.85. The Morgan fingerprint density at radius 3 is 1.88 bits per heavy atom. The van der Waals surface area contributed by atoms with Crippen molar-refractivity contribution in [3.05, 3.63) is 47.0 Å². The quantitative estimate of drug-likeness (QED) is 0.473. The maximum atomic E-state index is 13.0. The number of methoxy groups -OCH3 is 3. The Bertz CT molecular complexity index is 929. The zero-order chi connectivity index (χ0) is 24.2. The van der Waals surface area contributed by atoms with E-state index in [0.29, 0.717) is 35.6 Å². The first-order chi connectivity index (χ1) is 15.8. The molecule has 0 saturated heterocycles. The number of carbonyl (C=O) groups excluding carboxylic acids is 1. The van der Waals surface area contributed by atoms with Crippen LogP contribution >= 0.6 is 0 Å². The Morgan fingerprint density at radius 2 is 1.48 bits per heavy atom. The lowest BCUT2D eigenvalue weighted by molar-refractivity contribution is 0.220. The zero-order valence-corrected chi connectivity index (χ0v) is 21.0. The van der Waals surface area contributed by atoms with E-state index in [1.54, 1.807) is 21.3 Å². The van der Waals surface area contributed by atoms with E-state index >= 15 is 0 Å². The number of benzene rings is 2. The number of ether oxygens (including phenoxy) is 3. The highest BCUT2D eigenvalue weighted by molar-refractivity contribution is 5.91. The zero-order valence-electron chi connectivity index (χ0n) is 21.0. The van der Waals surface area contributed by atoms with E-state index in [1.165, 1.54) is 0 Å². The smallest absolute Gasteiger partial charge is 0.319 e. The molecule has 2 aromatic carbocycles. The summed E-state index contributed by atoms with van der Waals surface area (Å²) in [6.07, 6.45) is 3.10. The molecule has 2 amide bonds. The Kier molecular flexibility index (Phi) is 7.77. The number of amides is 2. The first-order valence-electron chi connectivity index (χ1n) is 11.7. The Balaban J connectivity index is 1.82. The van der Waals surface area contributed by atoms with Gasteiger partial charge in [0.25, 0.3) is 0 Å². The molecule has 0 aromatic heterocycles.